The second-order valence-electron chi connectivity index (χ2n) is 8.51. The fraction of sp³-hybridized carbons (Fsp3) is 0.417. The molecule has 0 spiro atoms. The van der Waals surface area contributed by atoms with Crippen molar-refractivity contribution >= 4 is 17.5 Å². The van der Waals surface area contributed by atoms with Crippen LogP contribution >= 0.6 is 11.6 Å². The largest absolute Gasteiger partial charge is 0.458 e. The number of ether oxygens (including phenoxy) is 2. The van der Waals surface area contributed by atoms with Gasteiger partial charge in [-0.1, -0.05) is 23.7 Å². The van der Waals surface area contributed by atoms with Crippen LogP contribution in [0, 0.1) is 0 Å². The highest BCUT2D eigenvalue weighted by atomic mass is 35.5. The number of aromatic nitrogens is 4. The standard InChI is InChI=1S/C24H26ClN5O4/c25-17-3-1-15(2-4-17)22-21(19-5-9-26-24(27-19)34-18-8-12-33-14-18)23(29-28-22)16-6-10-30(11-7-16)20(32)13-31/h1-5,9,16,18,31H,6-8,10-14H2,(H,28,29). The summed E-state index contributed by atoms with van der Waals surface area (Å²) in [5, 5.41) is 17.8. The van der Waals surface area contributed by atoms with Crippen LogP contribution in [0.4, 0.5) is 0 Å². The topological polar surface area (TPSA) is 113 Å². The molecule has 2 aromatic heterocycles. The van der Waals surface area contributed by atoms with E-state index >= 15 is 0 Å². The van der Waals surface area contributed by atoms with E-state index in [0.29, 0.717) is 43.0 Å². The second kappa shape index (κ2) is 10.1. The van der Waals surface area contributed by atoms with Crippen LogP contribution in [0.3, 0.4) is 0 Å². The third-order valence-corrected chi connectivity index (χ3v) is 6.60. The molecular formula is C24H26ClN5O4. The molecule has 0 bridgehead atoms. The van der Waals surface area contributed by atoms with Gasteiger partial charge in [0.2, 0.25) is 5.91 Å². The van der Waals surface area contributed by atoms with Crippen molar-refractivity contribution in [1.29, 1.82) is 0 Å². The molecule has 0 saturated carbocycles. The molecule has 5 rings (SSSR count). The summed E-state index contributed by atoms with van der Waals surface area (Å²) in [7, 11) is 0. The van der Waals surface area contributed by atoms with Crippen molar-refractivity contribution in [2.45, 2.75) is 31.3 Å². The van der Waals surface area contributed by atoms with Crippen LogP contribution in [0.25, 0.3) is 22.5 Å². The van der Waals surface area contributed by atoms with E-state index in [-0.39, 0.29) is 17.9 Å². The van der Waals surface area contributed by atoms with Crippen LogP contribution < -0.4 is 4.74 Å². The monoisotopic (exact) mass is 483 g/mol. The van der Waals surface area contributed by atoms with E-state index in [2.05, 4.69) is 15.2 Å². The summed E-state index contributed by atoms with van der Waals surface area (Å²) in [6.07, 6.45) is 3.97. The van der Waals surface area contributed by atoms with Gasteiger partial charge in [-0.25, -0.2) is 4.98 Å². The Kier molecular flexibility index (Phi) is 6.75. The predicted octanol–water partition coefficient (Wildman–Crippen LogP) is 3.05. The van der Waals surface area contributed by atoms with Crippen molar-refractivity contribution in [2.24, 2.45) is 0 Å². The number of aliphatic hydroxyl groups is 1. The molecule has 178 valence electrons. The Morgan fingerprint density at radius 3 is 2.71 bits per heavy atom. The zero-order chi connectivity index (χ0) is 23.5. The number of hydrogen-bond acceptors (Lipinski definition) is 7. The molecule has 10 heteroatoms. The van der Waals surface area contributed by atoms with Gasteiger partial charge in [-0.3, -0.25) is 9.89 Å². The van der Waals surface area contributed by atoms with Crippen LogP contribution in [-0.4, -0.2) is 75.1 Å². The number of hydrogen-bond donors (Lipinski definition) is 2. The summed E-state index contributed by atoms with van der Waals surface area (Å²) >= 11 is 6.11. The number of H-pyrrole nitrogens is 1. The Bertz CT molecular complexity index is 1140. The maximum atomic E-state index is 11.9. The highest BCUT2D eigenvalue weighted by molar-refractivity contribution is 6.30. The number of nitrogens with zero attached hydrogens (tertiary/aromatic N) is 4. The lowest BCUT2D eigenvalue weighted by Crippen LogP contribution is -2.39. The van der Waals surface area contributed by atoms with Crippen LogP contribution in [0.5, 0.6) is 6.01 Å². The van der Waals surface area contributed by atoms with Gasteiger partial charge in [-0.15, -0.1) is 0 Å². The first-order valence-corrected chi connectivity index (χ1v) is 11.8. The third kappa shape index (κ3) is 4.77. The molecule has 2 aliphatic rings. The summed E-state index contributed by atoms with van der Waals surface area (Å²) in [4.78, 5) is 22.6. The second-order valence-corrected chi connectivity index (χ2v) is 8.95. The van der Waals surface area contributed by atoms with Gasteiger partial charge < -0.3 is 19.5 Å². The van der Waals surface area contributed by atoms with Gasteiger partial charge in [0.25, 0.3) is 0 Å². The number of benzene rings is 1. The predicted molar refractivity (Wildman–Crippen MR) is 126 cm³/mol. The molecule has 4 heterocycles. The zero-order valence-electron chi connectivity index (χ0n) is 18.6. The Hall–Kier alpha value is -3.01. The Morgan fingerprint density at radius 1 is 1.21 bits per heavy atom. The Balaban J connectivity index is 1.50. The van der Waals surface area contributed by atoms with E-state index in [0.717, 1.165) is 41.8 Å². The number of amides is 1. The first-order chi connectivity index (χ1) is 16.6. The normalized spacial score (nSPS) is 18.9. The number of aromatic amines is 1. The van der Waals surface area contributed by atoms with Gasteiger partial charge in [-0.2, -0.15) is 10.1 Å². The molecule has 9 nitrogen and oxygen atoms in total. The fourth-order valence-corrected chi connectivity index (χ4v) is 4.66. The molecule has 0 aliphatic carbocycles. The highest BCUT2D eigenvalue weighted by Crippen LogP contribution is 2.39. The molecule has 3 aromatic rings. The molecule has 1 amide bonds. The van der Waals surface area contributed by atoms with Gasteiger partial charge in [0.1, 0.15) is 18.4 Å². The average molecular weight is 484 g/mol. The number of likely N-dealkylation sites (tertiary alicyclic amines) is 1. The summed E-state index contributed by atoms with van der Waals surface area (Å²) in [5.41, 5.74) is 4.26. The molecule has 2 saturated heterocycles. The number of carbonyl (C=O) groups excluding carboxylic acids is 1. The minimum atomic E-state index is -0.462. The summed E-state index contributed by atoms with van der Waals surface area (Å²) in [6.45, 7) is 1.91. The summed E-state index contributed by atoms with van der Waals surface area (Å²) in [6, 6.07) is 9.71. The fourth-order valence-electron chi connectivity index (χ4n) is 4.54. The number of carbonyl (C=O) groups is 1. The molecule has 2 N–H and O–H groups in total. The zero-order valence-corrected chi connectivity index (χ0v) is 19.4. The summed E-state index contributed by atoms with van der Waals surface area (Å²) in [5.74, 6) is -0.0764. The minimum absolute atomic E-state index is 0.0526. The molecule has 1 unspecified atom stereocenters. The van der Waals surface area contributed by atoms with Crippen molar-refractivity contribution in [3.63, 3.8) is 0 Å². The number of aliphatic hydroxyl groups excluding tert-OH is 1. The lowest BCUT2D eigenvalue weighted by Gasteiger charge is -2.31. The van der Waals surface area contributed by atoms with Gasteiger partial charge in [0, 0.05) is 53.5 Å². The van der Waals surface area contributed by atoms with Gasteiger partial charge in [0.15, 0.2) is 0 Å². The van der Waals surface area contributed by atoms with Crippen molar-refractivity contribution in [2.75, 3.05) is 32.9 Å². The number of piperidine rings is 1. The molecule has 1 atom stereocenters. The smallest absolute Gasteiger partial charge is 0.317 e. The maximum absolute atomic E-state index is 11.9. The first kappa shape index (κ1) is 22.8. The van der Waals surface area contributed by atoms with Gasteiger partial charge in [0.05, 0.1) is 18.9 Å². The Labute approximate surface area is 202 Å². The average Bonchev–Trinajstić information content (AvgIpc) is 3.54. The SMILES string of the molecule is O=C(CO)N1CCC(c2[nH]nc(-c3ccc(Cl)cc3)c2-c2ccnc(OC3CCOC3)n2)CC1. The number of rotatable bonds is 6. The third-order valence-electron chi connectivity index (χ3n) is 6.35. The van der Waals surface area contributed by atoms with Crippen LogP contribution in [0.2, 0.25) is 5.02 Å². The van der Waals surface area contributed by atoms with Crippen molar-refractivity contribution in [1.82, 2.24) is 25.1 Å². The van der Waals surface area contributed by atoms with Crippen molar-refractivity contribution in [3.8, 4) is 28.5 Å². The number of nitrogens with one attached hydrogen (secondary N) is 1. The van der Waals surface area contributed by atoms with Crippen LogP contribution in [-0.2, 0) is 9.53 Å². The lowest BCUT2D eigenvalue weighted by atomic mass is 9.89. The molecule has 34 heavy (non-hydrogen) atoms. The Morgan fingerprint density at radius 2 is 2.00 bits per heavy atom. The van der Waals surface area contributed by atoms with Crippen LogP contribution in [0.1, 0.15) is 30.9 Å². The molecule has 0 radical (unpaired) electrons. The first-order valence-electron chi connectivity index (χ1n) is 11.4. The quantitative estimate of drug-likeness (QED) is 0.554. The molecule has 2 fully saturated rings. The number of halogens is 1. The molecular weight excluding hydrogens is 458 g/mol. The van der Waals surface area contributed by atoms with Crippen LogP contribution in [0.15, 0.2) is 36.5 Å². The van der Waals surface area contributed by atoms with E-state index in [4.69, 9.17) is 26.1 Å². The summed E-state index contributed by atoms with van der Waals surface area (Å²) < 4.78 is 11.4. The van der Waals surface area contributed by atoms with E-state index in [1.165, 1.54) is 0 Å². The maximum Gasteiger partial charge on any atom is 0.317 e. The van der Waals surface area contributed by atoms with Gasteiger partial charge in [-0.05, 0) is 31.0 Å². The van der Waals surface area contributed by atoms with Crippen molar-refractivity contribution in [3.05, 3.63) is 47.2 Å². The van der Waals surface area contributed by atoms with E-state index in [1.54, 1.807) is 11.1 Å². The van der Waals surface area contributed by atoms with E-state index in [1.807, 2.05) is 30.3 Å². The molecule has 1 aromatic carbocycles. The van der Waals surface area contributed by atoms with E-state index < -0.39 is 6.61 Å². The molecule has 2 aliphatic heterocycles. The van der Waals surface area contributed by atoms with Crippen molar-refractivity contribution < 1.29 is 19.4 Å². The lowest BCUT2D eigenvalue weighted by molar-refractivity contribution is -0.135. The highest BCUT2D eigenvalue weighted by Gasteiger charge is 2.29. The van der Waals surface area contributed by atoms with E-state index in [9.17, 15) is 9.90 Å². The van der Waals surface area contributed by atoms with Gasteiger partial charge >= 0.3 is 6.01 Å². The minimum Gasteiger partial charge on any atom is -0.458 e.